The fraction of sp³-hybridized carbons (Fsp3) is 0.611. The molecule has 2 aromatic heterocycles. The highest BCUT2D eigenvalue weighted by Gasteiger charge is 2.31. The van der Waals surface area contributed by atoms with Gasteiger partial charge in [0.15, 0.2) is 0 Å². The zero-order valence-corrected chi connectivity index (χ0v) is 16.3. The van der Waals surface area contributed by atoms with E-state index in [9.17, 15) is 9.59 Å². The minimum Gasteiger partial charge on any atom is -0.352 e. The van der Waals surface area contributed by atoms with E-state index in [0.717, 1.165) is 42.3 Å². The fourth-order valence-electron chi connectivity index (χ4n) is 3.71. The number of aryl methyl sites for hydroxylation is 3. The van der Waals surface area contributed by atoms with Crippen LogP contribution in [0.4, 0.5) is 0 Å². The summed E-state index contributed by atoms with van der Waals surface area (Å²) in [5.41, 5.74) is 6.92. The lowest BCUT2D eigenvalue weighted by atomic mass is 9.97. The van der Waals surface area contributed by atoms with E-state index in [1.54, 1.807) is 22.2 Å². The van der Waals surface area contributed by atoms with Crippen molar-refractivity contribution in [1.29, 1.82) is 0 Å². The van der Waals surface area contributed by atoms with Crippen LogP contribution in [0.15, 0.2) is 11.1 Å². The molecule has 2 aliphatic rings. The molecule has 2 aliphatic carbocycles. The Kier molecular flexibility index (Phi) is 5.99. The van der Waals surface area contributed by atoms with Gasteiger partial charge in [0.25, 0.3) is 5.56 Å². The number of fused-ring (bicyclic) bond motifs is 3. The lowest BCUT2D eigenvalue weighted by molar-refractivity contribution is -0.122. The highest BCUT2D eigenvalue weighted by molar-refractivity contribution is 7.18. The van der Waals surface area contributed by atoms with E-state index < -0.39 is 0 Å². The quantitative estimate of drug-likeness (QED) is 0.781. The molecule has 0 radical (unpaired) electrons. The molecule has 26 heavy (non-hydrogen) atoms. The summed E-state index contributed by atoms with van der Waals surface area (Å²) in [5, 5.41) is 3.78. The Labute approximate surface area is 162 Å². The predicted octanol–water partition coefficient (Wildman–Crippen LogP) is 2.00. The van der Waals surface area contributed by atoms with Crippen LogP contribution in [0.25, 0.3) is 10.2 Å². The molecule has 1 atom stereocenters. The van der Waals surface area contributed by atoms with Crippen molar-refractivity contribution >= 4 is 39.9 Å². The largest absolute Gasteiger partial charge is 0.352 e. The maximum atomic E-state index is 12.8. The second-order valence-electron chi connectivity index (χ2n) is 7.13. The third kappa shape index (κ3) is 3.80. The standard InChI is InChI=1S/C18H24N4O2S.ClH/c19-9-13(11-5-6-11)21-15(23)7-8-22-10-20-17-16(18(22)24)12-3-1-2-4-14(12)25-17;/h10-11,13H,1-9,19H2,(H,21,23);1H. The monoisotopic (exact) mass is 396 g/mol. The van der Waals surface area contributed by atoms with Crippen molar-refractivity contribution in [2.75, 3.05) is 6.54 Å². The van der Waals surface area contributed by atoms with Crippen molar-refractivity contribution in [3.63, 3.8) is 0 Å². The number of nitrogens with zero attached hydrogens (tertiary/aromatic N) is 2. The number of amides is 1. The first kappa shape index (κ1) is 19.3. The van der Waals surface area contributed by atoms with E-state index in [0.29, 0.717) is 19.0 Å². The molecular formula is C18H25ClN4O2S. The summed E-state index contributed by atoms with van der Waals surface area (Å²) in [6.07, 6.45) is 8.51. The summed E-state index contributed by atoms with van der Waals surface area (Å²) in [6, 6.07) is 0.0775. The van der Waals surface area contributed by atoms with Gasteiger partial charge < -0.3 is 11.1 Å². The number of thiophene rings is 1. The number of halogens is 1. The van der Waals surface area contributed by atoms with Gasteiger partial charge in [-0.2, -0.15) is 0 Å². The summed E-state index contributed by atoms with van der Waals surface area (Å²) in [5.74, 6) is 0.494. The first-order valence-electron chi connectivity index (χ1n) is 9.16. The molecule has 2 heterocycles. The second kappa shape index (κ2) is 8.06. The van der Waals surface area contributed by atoms with Crippen molar-refractivity contribution in [2.24, 2.45) is 11.7 Å². The Hall–Kier alpha value is -1.44. The van der Waals surface area contributed by atoms with Crippen molar-refractivity contribution in [3.05, 3.63) is 27.1 Å². The Morgan fingerprint density at radius 1 is 1.38 bits per heavy atom. The molecule has 142 valence electrons. The number of carbonyl (C=O) groups excluding carboxylic acids is 1. The maximum absolute atomic E-state index is 12.8. The number of nitrogens with one attached hydrogen (secondary N) is 1. The topological polar surface area (TPSA) is 90.0 Å². The number of carbonyl (C=O) groups is 1. The highest BCUT2D eigenvalue weighted by Crippen LogP contribution is 2.33. The van der Waals surface area contributed by atoms with Gasteiger partial charge in [-0.1, -0.05) is 0 Å². The van der Waals surface area contributed by atoms with Gasteiger partial charge in [-0.3, -0.25) is 14.2 Å². The number of nitrogens with two attached hydrogens (primary N) is 1. The van der Waals surface area contributed by atoms with Crippen LogP contribution in [0.3, 0.4) is 0 Å². The number of rotatable bonds is 6. The van der Waals surface area contributed by atoms with Gasteiger partial charge in [-0.05, 0) is 50.0 Å². The van der Waals surface area contributed by atoms with Crippen molar-refractivity contribution < 1.29 is 4.79 Å². The Morgan fingerprint density at radius 3 is 2.88 bits per heavy atom. The second-order valence-corrected chi connectivity index (χ2v) is 8.21. The van der Waals surface area contributed by atoms with Crippen LogP contribution >= 0.6 is 23.7 Å². The Balaban J connectivity index is 0.00000196. The van der Waals surface area contributed by atoms with Gasteiger partial charge in [0.2, 0.25) is 5.91 Å². The van der Waals surface area contributed by atoms with Crippen LogP contribution < -0.4 is 16.6 Å². The van der Waals surface area contributed by atoms with E-state index in [1.807, 2.05) is 0 Å². The minimum atomic E-state index is -0.0401. The maximum Gasteiger partial charge on any atom is 0.262 e. The molecule has 1 saturated carbocycles. The predicted molar refractivity (Wildman–Crippen MR) is 106 cm³/mol. The highest BCUT2D eigenvalue weighted by atomic mass is 35.5. The first-order chi connectivity index (χ1) is 12.2. The molecular weight excluding hydrogens is 372 g/mol. The molecule has 4 rings (SSSR count). The molecule has 0 aliphatic heterocycles. The van der Waals surface area contributed by atoms with Gasteiger partial charge in [0.05, 0.1) is 11.7 Å². The molecule has 2 aromatic rings. The molecule has 1 unspecified atom stereocenters. The SMILES string of the molecule is Cl.NCC(NC(=O)CCn1cnc2sc3c(c2c1=O)CCCC3)C1CC1. The van der Waals surface area contributed by atoms with E-state index in [1.165, 1.54) is 16.9 Å². The van der Waals surface area contributed by atoms with E-state index >= 15 is 0 Å². The fourth-order valence-corrected chi connectivity index (χ4v) is 4.93. The van der Waals surface area contributed by atoms with E-state index in [4.69, 9.17) is 5.73 Å². The Bertz CT molecular complexity index is 859. The molecule has 1 fully saturated rings. The number of aromatic nitrogens is 2. The van der Waals surface area contributed by atoms with Gasteiger partial charge in [0, 0.05) is 30.4 Å². The zero-order chi connectivity index (χ0) is 17.4. The normalized spacial score (nSPS) is 17.4. The molecule has 3 N–H and O–H groups in total. The van der Waals surface area contributed by atoms with E-state index in [-0.39, 0.29) is 36.3 Å². The Morgan fingerprint density at radius 2 is 2.15 bits per heavy atom. The number of hydrogen-bond donors (Lipinski definition) is 2. The van der Waals surface area contributed by atoms with Gasteiger partial charge >= 0.3 is 0 Å². The smallest absolute Gasteiger partial charge is 0.262 e. The molecule has 0 aromatic carbocycles. The van der Waals surface area contributed by atoms with Gasteiger partial charge in [-0.25, -0.2) is 4.98 Å². The number of hydrogen-bond acceptors (Lipinski definition) is 5. The van der Waals surface area contributed by atoms with Gasteiger partial charge in [-0.15, -0.1) is 23.7 Å². The van der Waals surface area contributed by atoms with Crippen molar-refractivity contribution in [2.45, 2.75) is 57.5 Å². The molecule has 6 nitrogen and oxygen atoms in total. The lowest BCUT2D eigenvalue weighted by Gasteiger charge is -2.16. The molecule has 0 saturated heterocycles. The summed E-state index contributed by atoms with van der Waals surface area (Å²) in [7, 11) is 0. The molecule has 0 bridgehead atoms. The lowest BCUT2D eigenvalue weighted by Crippen LogP contribution is -2.42. The van der Waals surface area contributed by atoms with Crippen LogP contribution in [-0.4, -0.2) is 28.0 Å². The summed E-state index contributed by atoms with van der Waals surface area (Å²) in [6.45, 7) is 0.838. The summed E-state index contributed by atoms with van der Waals surface area (Å²) in [4.78, 5) is 31.7. The van der Waals surface area contributed by atoms with Crippen LogP contribution in [0.1, 0.15) is 42.5 Å². The van der Waals surface area contributed by atoms with Gasteiger partial charge in [0.1, 0.15) is 4.83 Å². The van der Waals surface area contributed by atoms with Crippen LogP contribution in [-0.2, 0) is 24.2 Å². The molecule has 1 amide bonds. The van der Waals surface area contributed by atoms with Crippen molar-refractivity contribution in [3.8, 4) is 0 Å². The zero-order valence-electron chi connectivity index (χ0n) is 14.7. The minimum absolute atomic E-state index is 0. The average molecular weight is 397 g/mol. The molecule has 8 heteroatoms. The summed E-state index contributed by atoms with van der Waals surface area (Å²) < 4.78 is 1.58. The van der Waals surface area contributed by atoms with Crippen LogP contribution in [0.2, 0.25) is 0 Å². The van der Waals surface area contributed by atoms with Crippen LogP contribution in [0, 0.1) is 5.92 Å². The van der Waals surface area contributed by atoms with Crippen LogP contribution in [0.5, 0.6) is 0 Å². The van der Waals surface area contributed by atoms with Crippen molar-refractivity contribution in [1.82, 2.24) is 14.9 Å². The average Bonchev–Trinajstić information content (AvgIpc) is 3.39. The third-order valence-electron chi connectivity index (χ3n) is 5.31. The summed E-state index contributed by atoms with van der Waals surface area (Å²) >= 11 is 1.65. The van der Waals surface area contributed by atoms with E-state index in [2.05, 4.69) is 10.3 Å². The first-order valence-corrected chi connectivity index (χ1v) is 9.98. The third-order valence-corrected chi connectivity index (χ3v) is 6.51. The molecule has 0 spiro atoms.